The molecule has 3 aromatic rings. The first kappa shape index (κ1) is 29.9. The molecule has 0 saturated heterocycles. The first-order valence-electron chi connectivity index (χ1n) is 12.9. The Kier molecular flexibility index (Phi) is 9.32. The fraction of sp³-hybridized carbons (Fsp3) is 0.241. The zero-order valence-electron chi connectivity index (χ0n) is 23.3. The molecule has 0 fully saturated rings. The van der Waals surface area contributed by atoms with Crippen LogP contribution in [0.5, 0.6) is 5.75 Å². The van der Waals surface area contributed by atoms with Gasteiger partial charge in [-0.15, -0.1) is 0 Å². The van der Waals surface area contributed by atoms with E-state index in [-0.39, 0.29) is 18.9 Å². The SMILES string of the molecule is CCOC(=O)C1=C(C)NC(=S)N[C@@H]1c1ccccc1OCC(=O)NN=Cc1ccc(-c2cc(C)c(C)c([N+](=O)[O-])c2)o1. The second kappa shape index (κ2) is 13.1. The van der Waals surface area contributed by atoms with E-state index in [9.17, 15) is 19.7 Å². The van der Waals surface area contributed by atoms with Gasteiger partial charge in [-0.2, -0.15) is 5.10 Å². The smallest absolute Gasteiger partial charge is 0.338 e. The molecule has 2 aromatic carbocycles. The van der Waals surface area contributed by atoms with Gasteiger partial charge >= 0.3 is 5.97 Å². The highest BCUT2D eigenvalue weighted by atomic mass is 32.1. The monoisotopic (exact) mass is 591 g/mol. The number of esters is 1. The van der Waals surface area contributed by atoms with Crippen molar-refractivity contribution in [3.63, 3.8) is 0 Å². The van der Waals surface area contributed by atoms with Gasteiger partial charge in [-0.1, -0.05) is 18.2 Å². The topological polar surface area (TPSA) is 157 Å². The summed E-state index contributed by atoms with van der Waals surface area (Å²) in [6.07, 6.45) is 1.31. The van der Waals surface area contributed by atoms with E-state index in [0.717, 1.165) is 5.56 Å². The van der Waals surface area contributed by atoms with Crippen LogP contribution in [0.4, 0.5) is 5.69 Å². The molecule has 13 heteroatoms. The van der Waals surface area contributed by atoms with Crippen molar-refractivity contribution in [2.45, 2.75) is 33.7 Å². The van der Waals surface area contributed by atoms with Crippen LogP contribution >= 0.6 is 12.2 Å². The van der Waals surface area contributed by atoms with Crippen LogP contribution in [0, 0.1) is 24.0 Å². The summed E-state index contributed by atoms with van der Waals surface area (Å²) in [5.74, 6) is 0.0852. The van der Waals surface area contributed by atoms with Crippen molar-refractivity contribution < 1.29 is 28.4 Å². The van der Waals surface area contributed by atoms with Gasteiger partial charge < -0.3 is 24.5 Å². The molecule has 4 rings (SSSR count). The summed E-state index contributed by atoms with van der Waals surface area (Å²) in [6, 6.07) is 12.9. The number of ether oxygens (including phenoxy) is 2. The Labute approximate surface area is 246 Å². The Morgan fingerprint density at radius 3 is 2.69 bits per heavy atom. The number of nitro benzene ring substituents is 1. The third kappa shape index (κ3) is 6.81. The Balaban J connectivity index is 1.41. The predicted octanol–water partition coefficient (Wildman–Crippen LogP) is 4.36. The standard InChI is InChI=1S/C29H29N5O7S/c1-5-39-28(36)26-18(4)31-29(42)32-27(26)21-8-6-7-9-24(21)40-15-25(35)33-30-14-20-10-11-23(41-20)19-12-16(2)17(3)22(13-19)34(37)38/h6-14,27H,5,15H2,1-4H3,(H,33,35)(H2,31,32,42)/t27-/m1/s1. The Morgan fingerprint density at radius 2 is 1.95 bits per heavy atom. The van der Waals surface area contributed by atoms with Gasteiger partial charge in [-0.3, -0.25) is 14.9 Å². The summed E-state index contributed by atoms with van der Waals surface area (Å²) in [7, 11) is 0. The number of rotatable bonds is 10. The van der Waals surface area contributed by atoms with E-state index in [1.165, 1.54) is 12.3 Å². The summed E-state index contributed by atoms with van der Waals surface area (Å²) in [5.41, 5.74) is 5.79. The third-order valence-electron chi connectivity index (χ3n) is 6.48. The van der Waals surface area contributed by atoms with Crippen molar-refractivity contribution in [2.75, 3.05) is 13.2 Å². The molecule has 42 heavy (non-hydrogen) atoms. The minimum atomic E-state index is -0.651. The Morgan fingerprint density at radius 1 is 1.19 bits per heavy atom. The van der Waals surface area contributed by atoms with Crippen LogP contribution in [0.3, 0.4) is 0 Å². The van der Waals surface area contributed by atoms with Gasteiger partial charge in [-0.05, 0) is 69.7 Å². The van der Waals surface area contributed by atoms with E-state index in [4.69, 9.17) is 26.1 Å². The van der Waals surface area contributed by atoms with E-state index in [1.807, 2.05) is 0 Å². The number of nitrogens with one attached hydrogen (secondary N) is 3. The summed E-state index contributed by atoms with van der Waals surface area (Å²) >= 11 is 5.29. The number of furan rings is 1. The number of benzene rings is 2. The van der Waals surface area contributed by atoms with E-state index in [1.54, 1.807) is 70.2 Å². The lowest BCUT2D eigenvalue weighted by Gasteiger charge is -2.30. The van der Waals surface area contributed by atoms with E-state index in [2.05, 4.69) is 21.2 Å². The van der Waals surface area contributed by atoms with E-state index < -0.39 is 22.8 Å². The average molecular weight is 592 g/mol. The summed E-state index contributed by atoms with van der Waals surface area (Å²) < 4.78 is 16.8. The molecular weight excluding hydrogens is 562 g/mol. The minimum absolute atomic E-state index is 0.00683. The lowest BCUT2D eigenvalue weighted by molar-refractivity contribution is -0.385. The molecule has 0 saturated carbocycles. The highest BCUT2D eigenvalue weighted by Crippen LogP contribution is 2.34. The van der Waals surface area contributed by atoms with E-state index >= 15 is 0 Å². The molecule has 0 radical (unpaired) electrons. The molecule has 1 atom stereocenters. The lowest BCUT2D eigenvalue weighted by Crippen LogP contribution is -2.45. The second-order valence-corrected chi connectivity index (χ2v) is 9.71. The molecule has 2 heterocycles. The van der Waals surface area contributed by atoms with Crippen LogP contribution in [0.15, 0.2) is 69.3 Å². The van der Waals surface area contributed by atoms with Crippen LogP contribution < -0.4 is 20.8 Å². The third-order valence-corrected chi connectivity index (χ3v) is 6.70. The fourth-order valence-corrected chi connectivity index (χ4v) is 4.62. The number of carbonyl (C=O) groups is 2. The van der Waals surface area contributed by atoms with Gasteiger partial charge in [0.1, 0.15) is 17.3 Å². The highest BCUT2D eigenvalue weighted by molar-refractivity contribution is 7.80. The summed E-state index contributed by atoms with van der Waals surface area (Å²) in [6.45, 7) is 6.78. The maximum Gasteiger partial charge on any atom is 0.338 e. The summed E-state index contributed by atoms with van der Waals surface area (Å²) in [4.78, 5) is 36.1. The number of hydrogen-bond donors (Lipinski definition) is 3. The van der Waals surface area contributed by atoms with Crippen molar-refractivity contribution in [3.05, 3.63) is 92.4 Å². The van der Waals surface area contributed by atoms with Gasteiger partial charge in [0.05, 0.1) is 29.4 Å². The normalized spacial score (nSPS) is 14.8. The minimum Gasteiger partial charge on any atom is -0.483 e. The Hall–Kier alpha value is -5.04. The number of hydrogen-bond acceptors (Lipinski definition) is 9. The molecule has 0 spiro atoms. The van der Waals surface area contributed by atoms with Crippen LogP contribution in [-0.2, 0) is 14.3 Å². The van der Waals surface area contributed by atoms with E-state index in [0.29, 0.717) is 50.3 Å². The molecule has 1 aliphatic heterocycles. The number of allylic oxidation sites excluding steroid dienone is 1. The average Bonchev–Trinajstić information content (AvgIpc) is 3.42. The maximum absolute atomic E-state index is 12.7. The molecule has 3 N–H and O–H groups in total. The molecule has 0 bridgehead atoms. The summed E-state index contributed by atoms with van der Waals surface area (Å²) in [5, 5.41) is 21.6. The van der Waals surface area contributed by atoms with Crippen LogP contribution in [0.25, 0.3) is 11.3 Å². The van der Waals surface area contributed by atoms with Crippen molar-refractivity contribution in [3.8, 4) is 17.1 Å². The number of nitro groups is 1. The molecule has 12 nitrogen and oxygen atoms in total. The van der Waals surface area contributed by atoms with Crippen molar-refractivity contribution in [1.29, 1.82) is 0 Å². The van der Waals surface area contributed by atoms with Gasteiger partial charge in [0.15, 0.2) is 11.7 Å². The number of thiocarbonyl (C=S) groups is 1. The van der Waals surface area contributed by atoms with Crippen molar-refractivity contribution in [2.24, 2.45) is 5.10 Å². The van der Waals surface area contributed by atoms with Gasteiger partial charge in [0.2, 0.25) is 0 Å². The molecule has 1 aliphatic rings. The first-order chi connectivity index (χ1) is 20.1. The molecule has 1 aromatic heterocycles. The van der Waals surface area contributed by atoms with Crippen molar-refractivity contribution >= 4 is 41.1 Å². The number of hydrazone groups is 1. The van der Waals surface area contributed by atoms with Gasteiger partial charge in [-0.25, -0.2) is 10.2 Å². The zero-order valence-corrected chi connectivity index (χ0v) is 24.2. The van der Waals surface area contributed by atoms with Crippen LogP contribution in [0.2, 0.25) is 0 Å². The molecule has 0 aliphatic carbocycles. The lowest BCUT2D eigenvalue weighted by atomic mass is 9.95. The second-order valence-electron chi connectivity index (χ2n) is 9.31. The number of amides is 1. The molecule has 0 unspecified atom stereocenters. The number of para-hydroxylation sites is 1. The zero-order chi connectivity index (χ0) is 30.4. The van der Waals surface area contributed by atoms with Crippen LogP contribution in [0.1, 0.15) is 42.3 Å². The van der Waals surface area contributed by atoms with Crippen LogP contribution in [-0.4, -0.2) is 41.3 Å². The molecular formula is C29H29N5O7S. The van der Waals surface area contributed by atoms with Gasteiger partial charge in [0, 0.05) is 28.5 Å². The molecule has 218 valence electrons. The van der Waals surface area contributed by atoms with Gasteiger partial charge in [0.25, 0.3) is 11.6 Å². The number of carbonyl (C=O) groups excluding carboxylic acids is 2. The predicted molar refractivity (Wildman–Crippen MR) is 159 cm³/mol. The fourth-order valence-electron chi connectivity index (χ4n) is 4.35. The number of nitrogens with zero attached hydrogens (tertiary/aromatic N) is 2. The quantitative estimate of drug-likeness (QED) is 0.102. The molecule has 1 amide bonds. The Bertz CT molecular complexity index is 1610. The number of aryl methyl sites for hydroxylation is 1. The first-order valence-corrected chi connectivity index (χ1v) is 13.3. The largest absolute Gasteiger partial charge is 0.483 e. The maximum atomic E-state index is 12.7. The van der Waals surface area contributed by atoms with Crippen molar-refractivity contribution in [1.82, 2.24) is 16.1 Å². The highest BCUT2D eigenvalue weighted by Gasteiger charge is 2.32.